The van der Waals surface area contributed by atoms with Gasteiger partial charge in [0.05, 0.1) is 0 Å². The molecule has 0 saturated heterocycles. The number of hydrogen-bond donors (Lipinski definition) is 0. The van der Waals surface area contributed by atoms with Crippen molar-refractivity contribution < 1.29 is 0 Å². The summed E-state index contributed by atoms with van der Waals surface area (Å²) in [7, 11) is 0. The first-order chi connectivity index (χ1) is 6.72. The molecule has 0 heteroatoms. The molecule has 0 aromatic heterocycles. The van der Waals surface area contributed by atoms with Gasteiger partial charge in [-0.3, -0.25) is 0 Å². The van der Waals surface area contributed by atoms with Gasteiger partial charge in [-0.05, 0) is 47.4 Å². The van der Waals surface area contributed by atoms with Gasteiger partial charge in [0, 0.05) is 0 Å². The standard InChI is InChI=1S/C14H18/c1-4-11-8-12-6-5-7-13(12)9-14(11)10(2)3/h4,8-10H,1,5-7H2,2-3H3. The third kappa shape index (κ3) is 1.50. The van der Waals surface area contributed by atoms with Gasteiger partial charge < -0.3 is 0 Å². The van der Waals surface area contributed by atoms with Crippen LogP contribution in [0.1, 0.15) is 48.4 Å². The quantitative estimate of drug-likeness (QED) is 0.656. The van der Waals surface area contributed by atoms with E-state index < -0.39 is 0 Å². The molecule has 0 nitrogen and oxygen atoms in total. The minimum atomic E-state index is 0.605. The van der Waals surface area contributed by atoms with Gasteiger partial charge in [-0.1, -0.05) is 38.6 Å². The SMILES string of the molecule is C=Cc1cc2c(cc1C(C)C)CCC2. The number of benzene rings is 1. The Morgan fingerprint density at radius 1 is 1.21 bits per heavy atom. The highest BCUT2D eigenvalue weighted by Crippen LogP contribution is 2.29. The first-order valence-corrected chi connectivity index (χ1v) is 5.50. The van der Waals surface area contributed by atoms with E-state index in [1.807, 2.05) is 6.08 Å². The van der Waals surface area contributed by atoms with Crippen molar-refractivity contribution in [2.45, 2.75) is 39.0 Å². The fourth-order valence-corrected chi connectivity index (χ4v) is 2.34. The average molecular weight is 186 g/mol. The first-order valence-electron chi connectivity index (χ1n) is 5.50. The molecule has 0 amide bonds. The molecule has 0 N–H and O–H groups in total. The van der Waals surface area contributed by atoms with Crippen molar-refractivity contribution in [3.63, 3.8) is 0 Å². The number of rotatable bonds is 2. The topological polar surface area (TPSA) is 0 Å². The molecule has 74 valence electrons. The van der Waals surface area contributed by atoms with Gasteiger partial charge in [-0.25, -0.2) is 0 Å². The monoisotopic (exact) mass is 186 g/mol. The van der Waals surface area contributed by atoms with Crippen molar-refractivity contribution in [2.75, 3.05) is 0 Å². The smallest absolute Gasteiger partial charge is 0.0213 e. The molecule has 0 unspecified atom stereocenters. The maximum absolute atomic E-state index is 3.90. The van der Waals surface area contributed by atoms with E-state index in [4.69, 9.17) is 0 Å². The van der Waals surface area contributed by atoms with Crippen molar-refractivity contribution in [1.82, 2.24) is 0 Å². The Kier molecular flexibility index (Phi) is 2.45. The predicted molar refractivity (Wildman–Crippen MR) is 62.6 cm³/mol. The highest BCUT2D eigenvalue weighted by Gasteiger charge is 2.14. The third-order valence-corrected chi connectivity index (χ3v) is 3.14. The Labute approximate surface area is 86.7 Å². The molecule has 0 fully saturated rings. The van der Waals surface area contributed by atoms with Gasteiger partial charge in [0.1, 0.15) is 0 Å². The normalized spacial score (nSPS) is 14.5. The van der Waals surface area contributed by atoms with E-state index in [0.717, 1.165) is 0 Å². The Balaban J connectivity index is 2.54. The molecule has 1 aliphatic rings. The van der Waals surface area contributed by atoms with E-state index in [9.17, 15) is 0 Å². The van der Waals surface area contributed by atoms with Crippen LogP contribution in [0, 0.1) is 0 Å². The summed E-state index contributed by atoms with van der Waals surface area (Å²) in [6.07, 6.45) is 5.85. The maximum atomic E-state index is 3.90. The van der Waals surface area contributed by atoms with Crippen LogP contribution in [0.5, 0.6) is 0 Å². The van der Waals surface area contributed by atoms with Crippen LogP contribution in [-0.4, -0.2) is 0 Å². The summed E-state index contributed by atoms with van der Waals surface area (Å²) in [6, 6.07) is 4.73. The van der Waals surface area contributed by atoms with Gasteiger partial charge in [-0.2, -0.15) is 0 Å². The van der Waals surface area contributed by atoms with Crippen LogP contribution in [0.2, 0.25) is 0 Å². The fourth-order valence-electron chi connectivity index (χ4n) is 2.34. The van der Waals surface area contributed by atoms with Gasteiger partial charge in [0.25, 0.3) is 0 Å². The molecule has 2 rings (SSSR count). The molecule has 0 heterocycles. The van der Waals surface area contributed by atoms with Crippen molar-refractivity contribution in [3.8, 4) is 0 Å². The Morgan fingerprint density at radius 3 is 2.43 bits per heavy atom. The van der Waals surface area contributed by atoms with Crippen molar-refractivity contribution >= 4 is 6.08 Å². The molecule has 0 bridgehead atoms. The average Bonchev–Trinajstić information content (AvgIpc) is 2.62. The van der Waals surface area contributed by atoms with Crippen molar-refractivity contribution in [1.29, 1.82) is 0 Å². The Morgan fingerprint density at radius 2 is 1.86 bits per heavy atom. The second-order valence-corrected chi connectivity index (χ2v) is 4.46. The molecule has 1 aromatic rings. The fraction of sp³-hybridized carbons (Fsp3) is 0.429. The first kappa shape index (κ1) is 9.51. The Hall–Kier alpha value is -1.04. The number of fused-ring (bicyclic) bond motifs is 1. The third-order valence-electron chi connectivity index (χ3n) is 3.14. The molecule has 0 spiro atoms. The molecule has 0 atom stereocenters. The molecular formula is C14H18. The van der Waals surface area contributed by atoms with E-state index in [0.29, 0.717) is 5.92 Å². The van der Waals surface area contributed by atoms with Crippen LogP contribution < -0.4 is 0 Å². The van der Waals surface area contributed by atoms with Gasteiger partial charge in [0.15, 0.2) is 0 Å². The molecule has 0 aliphatic heterocycles. The maximum Gasteiger partial charge on any atom is -0.0213 e. The van der Waals surface area contributed by atoms with Crippen LogP contribution in [0.15, 0.2) is 18.7 Å². The summed E-state index contributed by atoms with van der Waals surface area (Å²) in [5.41, 5.74) is 5.91. The second-order valence-electron chi connectivity index (χ2n) is 4.46. The second kappa shape index (κ2) is 3.61. The van der Waals surface area contributed by atoms with Crippen LogP contribution in [0.3, 0.4) is 0 Å². The van der Waals surface area contributed by atoms with Crippen molar-refractivity contribution in [3.05, 3.63) is 41.0 Å². The molecule has 1 aromatic carbocycles. The highest BCUT2D eigenvalue weighted by atomic mass is 14.2. The molecule has 0 saturated carbocycles. The molecule has 0 radical (unpaired) electrons. The van der Waals surface area contributed by atoms with Gasteiger partial charge in [0.2, 0.25) is 0 Å². The minimum absolute atomic E-state index is 0.605. The van der Waals surface area contributed by atoms with Crippen LogP contribution in [-0.2, 0) is 12.8 Å². The zero-order valence-corrected chi connectivity index (χ0v) is 9.14. The summed E-state index contributed by atoms with van der Waals surface area (Å²) in [4.78, 5) is 0. The number of aryl methyl sites for hydroxylation is 2. The van der Waals surface area contributed by atoms with Gasteiger partial charge >= 0.3 is 0 Å². The lowest BCUT2D eigenvalue weighted by molar-refractivity contribution is 0.860. The van der Waals surface area contributed by atoms with E-state index >= 15 is 0 Å². The van der Waals surface area contributed by atoms with E-state index in [1.54, 1.807) is 11.1 Å². The lowest BCUT2D eigenvalue weighted by Crippen LogP contribution is -1.95. The summed E-state index contributed by atoms with van der Waals surface area (Å²) in [5, 5.41) is 0. The predicted octanol–water partition coefficient (Wildman–Crippen LogP) is 3.94. The lowest BCUT2D eigenvalue weighted by atomic mass is 9.93. The molecule has 14 heavy (non-hydrogen) atoms. The van der Waals surface area contributed by atoms with Crippen LogP contribution in [0.4, 0.5) is 0 Å². The minimum Gasteiger partial charge on any atom is -0.0985 e. The summed E-state index contributed by atoms with van der Waals surface area (Å²) < 4.78 is 0. The number of hydrogen-bond acceptors (Lipinski definition) is 0. The summed E-state index contributed by atoms with van der Waals surface area (Å²) in [6.45, 7) is 8.41. The zero-order valence-electron chi connectivity index (χ0n) is 9.14. The van der Waals surface area contributed by atoms with Crippen LogP contribution >= 0.6 is 0 Å². The van der Waals surface area contributed by atoms with E-state index in [2.05, 4.69) is 32.6 Å². The zero-order chi connectivity index (χ0) is 10.1. The summed E-state index contributed by atoms with van der Waals surface area (Å²) >= 11 is 0. The Bertz CT molecular complexity index is 359. The molecule has 1 aliphatic carbocycles. The lowest BCUT2D eigenvalue weighted by Gasteiger charge is -2.12. The molecular weight excluding hydrogens is 168 g/mol. The van der Waals surface area contributed by atoms with Crippen molar-refractivity contribution in [2.24, 2.45) is 0 Å². The summed E-state index contributed by atoms with van der Waals surface area (Å²) in [5.74, 6) is 0.605. The highest BCUT2D eigenvalue weighted by molar-refractivity contribution is 5.56. The van der Waals surface area contributed by atoms with E-state index in [1.165, 1.54) is 30.4 Å². The van der Waals surface area contributed by atoms with E-state index in [-0.39, 0.29) is 0 Å². The van der Waals surface area contributed by atoms with Crippen LogP contribution in [0.25, 0.3) is 6.08 Å². The van der Waals surface area contributed by atoms with Gasteiger partial charge in [-0.15, -0.1) is 0 Å². The largest absolute Gasteiger partial charge is 0.0985 e.